The summed E-state index contributed by atoms with van der Waals surface area (Å²) >= 11 is 0. The summed E-state index contributed by atoms with van der Waals surface area (Å²) in [5, 5.41) is 11.9. The molecule has 0 saturated heterocycles. The van der Waals surface area contributed by atoms with Gasteiger partial charge in [0.2, 0.25) is 0 Å². The van der Waals surface area contributed by atoms with Crippen LogP contribution in [0.1, 0.15) is 23.2 Å². The molecule has 1 amide bonds. The van der Waals surface area contributed by atoms with Crippen molar-refractivity contribution in [3.63, 3.8) is 0 Å². The largest absolute Gasteiger partial charge is 0.305 e. The summed E-state index contributed by atoms with van der Waals surface area (Å²) in [6.07, 6.45) is 0. The maximum atomic E-state index is 12.7. The monoisotopic (exact) mass is 355 g/mol. The second-order valence-electron chi connectivity index (χ2n) is 6.32. The van der Waals surface area contributed by atoms with Crippen LogP contribution in [0.3, 0.4) is 0 Å². The Kier molecular flexibility index (Phi) is 4.20. The standard InChI is InChI=1S/C20H16BN5O.H2/c1-12-5-3-4-6-17(12)26-13(2)19(24-25-26)20(27)23-18-10-7-14-11-15(21)8-9-16(14)22-18;/h3-11H,1-2H3,(H,22,23,27);1H. The van der Waals surface area contributed by atoms with Gasteiger partial charge < -0.3 is 5.32 Å². The Balaban J connectivity index is 0.00000225. The van der Waals surface area contributed by atoms with Gasteiger partial charge in [0.05, 0.1) is 16.9 Å². The van der Waals surface area contributed by atoms with Gasteiger partial charge in [0.1, 0.15) is 13.7 Å². The fourth-order valence-electron chi connectivity index (χ4n) is 2.96. The zero-order valence-electron chi connectivity index (χ0n) is 15.0. The number of hydrogen-bond donors (Lipinski definition) is 1. The molecule has 27 heavy (non-hydrogen) atoms. The zero-order chi connectivity index (χ0) is 19.0. The Morgan fingerprint density at radius 2 is 1.93 bits per heavy atom. The fourth-order valence-corrected chi connectivity index (χ4v) is 2.96. The molecule has 0 saturated carbocycles. The third-order valence-electron chi connectivity index (χ3n) is 4.41. The minimum Gasteiger partial charge on any atom is -0.305 e. The van der Waals surface area contributed by atoms with Crippen molar-refractivity contribution in [1.29, 1.82) is 0 Å². The first kappa shape index (κ1) is 17.0. The van der Waals surface area contributed by atoms with Crippen molar-refractivity contribution in [1.82, 2.24) is 20.0 Å². The summed E-state index contributed by atoms with van der Waals surface area (Å²) in [6.45, 7) is 3.81. The fraction of sp³-hybridized carbons (Fsp3) is 0.100. The first-order valence-electron chi connectivity index (χ1n) is 8.49. The first-order chi connectivity index (χ1) is 13.0. The van der Waals surface area contributed by atoms with Gasteiger partial charge in [-0.25, -0.2) is 9.67 Å². The van der Waals surface area contributed by atoms with Gasteiger partial charge in [0.25, 0.3) is 5.91 Å². The molecular formula is C20H18BN5O. The van der Waals surface area contributed by atoms with E-state index in [9.17, 15) is 4.79 Å². The van der Waals surface area contributed by atoms with Crippen molar-refractivity contribution >= 4 is 35.9 Å². The molecule has 2 heterocycles. The van der Waals surface area contributed by atoms with Gasteiger partial charge >= 0.3 is 0 Å². The van der Waals surface area contributed by atoms with E-state index in [0.717, 1.165) is 22.2 Å². The van der Waals surface area contributed by atoms with Crippen LogP contribution in [0.2, 0.25) is 0 Å². The van der Waals surface area contributed by atoms with Crippen molar-refractivity contribution in [2.75, 3.05) is 5.32 Å². The lowest BCUT2D eigenvalue weighted by Gasteiger charge is -2.07. The predicted octanol–water partition coefficient (Wildman–Crippen LogP) is 2.72. The normalized spacial score (nSPS) is 10.9. The van der Waals surface area contributed by atoms with Gasteiger partial charge in [0, 0.05) is 1.43 Å². The summed E-state index contributed by atoms with van der Waals surface area (Å²) in [5.41, 5.74) is 4.29. The van der Waals surface area contributed by atoms with E-state index in [1.165, 1.54) is 0 Å². The van der Waals surface area contributed by atoms with E-state index >= 15 is 0 Å². The van der Waals surface area contributed by atoms with Crippen LogP contribution in [-0.4, -0.2) is 33.7 Å². The Bertz CT molecular complexity index is 1170. The van der Waals surface area contributed by atoms with Crippen LogP contribution in [0.5, 0.6) is 0 Å². The van der Waals surface area contributed by atoms with Gasteiger partial charge in [-0.1, -0.05) is 41.0 Å². The van der Waals surface area contributed by atoms with Crippen molar-refractivity contribution in [3.05, 3.63) is 71.5 Å². The minimum absolute atomic E-state index is 0. The molecule has 0 bridgehead atoms. The molecule has 2 radical (unpaired) electrons. The molecule has 0 fully saturated rings. The molecule has 132 valence electrons. The van der Waals surface area contributed by atoms with Crippen LogP contribution >= 0.6 is 0 Å². The van der Waals surface area contributed by atoms with Crippen LogP contribution in [0, 0.1) is 13.8 Å². The lowest BCUT2D eigenvalue weighted by Crippen LogP contribution is -2.15. The number of aromatic nitrogens is 4. The average molecular weight is 355 g/mol. The SMILES string of the molecule is [B]c1ccc2nc(NC(=O)c3nnn(-c4ccccc4C)c3C)ccc2c1.[HH]. The number of benzene rings is 2. The van der Waals surface area contributed by atoms with E-state index in [1.54, 1.807) is 16.8 Å². The summed E-state index contributed by atoms with van der Waals surface area (Å²) in [7, 11) is 5.78. The number of aryl methyl sites for hydroxylation is 1. The molecule has 0 atom stereocenters. The number of hydrogen-bond acceptors (Lipinski definition) is 4. The third kappa shape index (κ3) is 3.19. The number of carbonyl (C=O) groups is 1. The highest BCUT2D eigenvalue weighted by Gasteiger charge is 2.18. The number of nitrogens with zero attached hydrogens (tertiary/aromatic N) is 4. The molecule has 0 unspecified atom stereocenters. The number of rotatable bonds is 3. The minimum atomic E-state index is -0.352. The van der Waals surface area contributed by atoms with Gasteiger partial charge in [-0.3, -0.25) is 4.79 Å². The number of amides is 1. The molecule has 0 aliphatic heterocycles. The quantitative estimate of drug-likeness (QED) is 0.574. The number of nitrogens with one attached hydrogen (secondary N) is 1. The Morgan fingerprint density at radius 3 is 2.74 bits per heavy atom. The van der Waals surface area contributed by atoms with E-state index in [4.69, 9.17) is 7.85 Å². The van der Waals surface area contributed by atoms with E-state index in [-0.39, 0.29) is 13.0 Å². The lowest BCUT2D eigenvalue weighted by atomic mass is 9.95. The van der Waals surface area contributed by atoms with E-state index in [2.05, 4.69) is 20.6 Å². The molecule has 0 spiro atoms. The Labute approximate surface area is 159 Å². The first-order valence-corrected chi connectivity index (χ1v) is 8.49. The molecule has 6 nitrogen and oxygen atoms in total. The lowest BCUT2D eigenvalue weighted by molar-refractivity contribution is 0.102. The van der Waals surface area contributed by atoms with E-state index < -0.39 is 0 Å². The number of pyridine rings is 1. The van der Waals surface area contributed by atoms with Crippen LogP contribution in [0.25, 0.3) is 16.6 Å². The second-order valence-corrected chi connectivity index (χ2v) is 6.32. The van der Waals surface area contributed by atoms with Crippen molar-refractivity contribution in [2.24, 2.45) is 0 Å². The van der Waals surface area contributed by atoms with Crippen molar-refractivity contribution in [3.8, 4) is 5.69 Å². The van der Waals surface area contributed by atoms with Gasteiger partial charge in [-0.2, -0.15) is 0 Å². The van der Waals surface area contributed by atoms with Crippen LogP contribution < -0.4 is 10.8 Å². The topological polar surface area (TPSA) is 72.7 Å². The van der Waals surface area contributed by atoms with Crippen LogP contribution in [0.15, 0.2) is 54.6 Å². The highest BCUT2D eigenvalue weighted by molar-refractivity contribution is 6.33. The van der Waals surface area contributed by atoms with Gasteiger partial charge in [-0.15, -0.1) is 5.10 Å². The molecular weight excluding hydrogens is 337 g/mol. The second kappa shape index (κ2) is 6.68. The van der Waals surface area contributed by atoms with Gasteiger partial charge in [0.15, 0.2) is 5.69 Å². The third-order valence-corrected chi connectivity index (χ3v) is 4.41. The number of fused-ring (bicyclic) bond motifs is 1. The van der Waals surface area contributed by atoms with Crippen molar-refractivity contribution in [2.45, 2.75) is 13.8 Å². The van der Waals surface area contributed by atoms with E-state index in [0.29, 0.717) is 17.0 Å². The summed E-state index contributed by atoms with van der Waals surface area (Å²) in [5.74, 6) is 0.0942. The summed E-state index contributed by atoms with van der Waals surface area (Å²) < 4.78 is 1.67. The molecule has 4 rings (SSSR count). The highest BCUT2D eigenvalue weighted by atomic mass is 16.2. The molecule has 1 N–H and O–H groups in total. The number of carbonyl (C=O) groups excluding carboxylic acids is 1. The van der Waals surface area contributed by atoms with E-state index in [1.807, 2.05) is 56.3 Å². The smallest absolute Gasteiger partial charge is 0.279 e. The van der Waals surface area contributed by atoms with Crippen molar-refractivity contribution < 1.29 is 6.22 Å². The molecule has 4 aromatic rings. The predicted molar refractivity (Wildman–Crippen MR) is 108 cm³/mol. The average Bonchev–Trinajstić information content (AvgIpc) is 3.03. The summed E-state index contributed by atoms with van der Waals surface area (Å²) in [4.78, 5) is 17.1. The molecule has 0 aliphatic rings. The summed E-state index contributed by atoms with van der Waals surface area (Å²) in [6, 6.07) is 16.8. The number of para-hydroxylation sites is 1. The van der Waals surface area contributed by atoms with Crippen LogP contribution in [0.4, 0.5) is 5.82 Å². The Hall–Kier alpha value is -3.48. The Morgan fingerprint density at radius 1 is 1.11 bits per heavy atom. The molecule has 0 aliphatic carbocycles. The molecule has 2 aromatic heterocycles. The van der Waals surface area contributed by atoms with Gasteiger partial charge in [-0.05, 0) is 49.1 Å². The highest BCUT2D eigenvalue weighted by Crippen LogP contribution is 2.18. The number of anilines is 1. The zero-order valence-corrected chi connectivity index (χ0v) is 15.0. The maximum Gasteiger partial charge on any atom is 0.279 e. The van der Waals surface area contributed by atoms with Crippen LogP contribution in [-0.2, 0) is 0 Å². The molecule has 7 heteroatoms. The maximum absolute atomic E-state index is 12.7. The molecule has 2 aromatic carbocycles.